The first-order valence-corrected chi connectivity index (χ1v) is 2.41. The zero-order valence-corrected chi connectivity index (χ0v) is 9.16. The summed E-state index contributed by atoms with van der Waals surface area (Å²) in [7, 11) is 0. The van der Waals surface area contributed by atoms with Gasteiger partial charge in [-0.3, -0.25) is 16.9 Å². The summed E-state index contributed by atoms with van der Waals surface area (Å²) < 4.78 is 0. The van der Waals surface area contributed by atoms with Crippen LogP contribution in [-0.2, 0) is 44.8 Å². The van der Waals surface area contributed by atoms with Crippen molar-refractivity contribution in [3.63, 3.8) is 0 Å². The van der Waals surface area contributed by atoms with Gasteiger partial charge in [0, 0.05) is 0 Å². The van der Waals surface area contributed by atoms with Crippen LogP contribution in [0.25, 0.3) is 0 Å². The fourth-order valence-corrected chi connectivity index (χ4v) is 0.476. The van der Waals surface area contributed by atoms with Gasteiger partial charge in [-0.1, -0.05) is 0 Å². The molecule has 0 aliphatic carbocycles. The number of aromatic carboxylic acids is 1. The largest absolute Gasteiger partial charge is 1.00 e. The van der Waals surface area contributed by atoms with Crippen molar-refractivity contribution < 1.29 is 65.6 Å². The Bertz CT molecular complexity index is 215. The molecule has 0 aliphatic heterocycles. The molecule has 0 saturated carbocycles. The molecule has 0 unspecified atom stereocenters. The normalized spacial score (nSPS) is 6.15. The van der Waals surface area contributed by atoms with Crippen LogP contribution in [0.4, 0.5) is 0 Å². The number of benzene rings is 1. The molecule has 0 spiro atoms. The van der Waals surface area contributed by atoms with Crippen LogP contribution < -0.4 is 0 Å². The fourth-order valence-electron chi connectivity index (χ4n) is 0.476. The van der Waals surface area contributed by atoms with Crippen molar-refractivity contribution in [3.8, 4) is 0 Å². The fraction of sp³-hybridized carbons (Fsp3) is 0. The van der Waals surface area contributed by atoms with E-state index in [1.54, 1.807) is 0 Å². The third-order valence-electron chi connectivity index (χ3n) is 0.891. The van der Waals surface area contributed by atoms with Gasteiger partial charge in [0.15, 0.2) is 0 Å². The monoisotopic (exact) mass is 370 g/mol. The van der Waals surface area contributed by atoms with Gasteiger partial charge in [-0.25, -0.2) is 0 Å². The minimum atomic E-state index is -0.942. The number of hydrogen-bond donors (Lipinski definition) is 1. The first kappa shape index (κ1) is 23.2. The number of rotatable bonds is 1. The second kappa shape index (κ2) is 12.1. The Morgan fingerprint density at radius 3 is 1.77 bits per heavy atom. The van der Waals surface area contributed by atoms with Gasteiger partial charge in [-0.2, -0.15) is 5.56 Å². The Morgan fingerprint density at radius 1 is 1.15 bits per heavy atom. The van der Waals surface area contributed by atoms with E-state index in [-0.39, 0.29) is 61.3 Å². The zero-order chi connectivity index (χ0) is 6.69. The molecule has 0 aliphatic rings. The van der Waals surface area contributed by atoms with E-state index in [1.165, 1.54) is 18.2 Å². The maximum Gasteiger partial charge on any atom is 1.00 e. The maximum absolute atomic E-state index is 10.2. The summed E-state index contributed by atoms with van der Waals surface area (Å²) in [5.41, 5.74) is 0.220. The third kappa shape index (κ3) is 8.42. The molecule has 13 heavy (non-hydrogen) atoms. The molecule has 0 saturated heterocycles. The minimum absolute atomic E-state index is 0. The summed E-state index contributed by atoms with van der Waals surface area (Å²) in [6.07, 6.45) is 0. The van der Waals surface area contributed by atoms with Crippen LogP contribution in [0.15, 0.2) is 18.2 Å². The molecular formula is C7H8Ag2O4. The van der Waals surface area contributed by atoms with Gasteiger partial charge in [0.25, 0.3) is 0 Å². The Labute approximate surface area is 107 Å². The average molecular weight is 372 g/mol. The van der Waals surface area contributed by atoms with E-state index in [9.17, 15) is 4.79 Å². The average Bonchev–Trinajstić information content (AvgIpc) is 1.90. The molecular weight excluding hydrogens is 364 g/mol. The van der Waals surface area contributed by atoms with Crippen LogP contribution >= 0.6 is 0 Å². The van der Waals surface area contributed by atoms with E-state index in [4.69, 9.17) is 5.11 Å². The van der Waals surface area contributed by atoms with Gasteiger partial charge in [-0.15, -0.1) is 0 Å². The van der Waals surface area contributed by atoms with Gasteiger partial charge in [-0.05, 0) is 0 Å². The topological polar surface area (TPSA) is 100 Å². The van der Waals surface area contributed by atoms with Crippen molar-refractivity contribution in [1.82, 2.24) is 0 Å². The van der Waals surface area contributed by atoms with E-state index < -0.39 is 5.97 Å². The summed E-state index contributed by atoms with van der Waals surface area (Å²) in [4.78, 5) is 10.2. The minimum Gasteiger partial charge on any atom is -0.495 e. The Morgan fingerprint density at radius 2 is 1.54 bits per heavy atom. The molecule has 1 aromatic carbocycles. The van der Waals surface area contributed by atoms with Gasteiger partial charge >= 0.3 is 44.8 Å². The predicted octanol–water partition coefficient (Wildman–Crippen LogP) is -0.669. The first-order valence-electron chi connectivity index (χ1n) is 2.41. The van der Waals surface area contributed by atoms with E-state index in [0.717, 1.165) is 0 Å². The number of carboxylic acid groups (broad SMARTS) is 1. The van der Waals surface area contributed by atoms with Gasteiger partial charge in [0.1, 0.15) is 0 Å². The molecule has 1 aromatic rings. The van der Waals surface area contributed by atoms with E-state index >= 15 is 0 Å². The molecule has 1 rings (SSSR count). The van der Waals surface area contributed by atoms with Crippen molar-refractivity contribution in [2.24, 2.45) is 0 Å². The predicted molar refractivity (Wildman–Crippen MR) is 38.3 cm³/mol. The van der Waals surface area contributed by atoms with Crippen LogP contribution in [0.2, 0.25) is 0 Å². The second-order valence-corrected chi connectivity index (χ2v) is 1.53. The Hall–Kier alpha value is 0.0905. The second-order valence-electron chi connectivity index (χ2n) is 1.53. The first-order chi connectivity index (χ1) is 4.30. The van der Waals surface area contributed by atoms with Crippen LogP contribution in [0.5, 0.6) is 0 Å². The van der Waals surface area contributed by atoms with Crippen molar-refractivity contribution in [2.45, 2.75) is 0 Å². The molecule has 0 bridgehead atoms. The summed E-state index contributed by atoms with van der Waals surface area (Å²) in [6, 6.07) is 9.55. The smallest absolute Gasteiger partial charge is 0.495 e. The molecule has 0 atom stereocenters. The van der Waals surface area contributed by atoms with Crippen LogP contribution in [-0.4, -0.2) is 22.0 Å². The molecule has 4 nitrogen and oxygen atoms in total. The van der Waals surface area contributed by atoms with Crippen LogP contribution in [0.3, 0.4) is 0 Å². The van der Waals surface area contributed by atoms with Crippen molar-refractivity contribution in [2.75, 3.05) is 0 Å². The van der Waals surface area contributed by atoms with E-state index in [0.29, 0.717) is 0 Å². The van der Waals surface area contributed by atoms with Gasteiger partial charge in [0.05, 0.1) is 0 Å². The number of carboxylic acids is 1. The summed E-state index contributed by atoms with van der Waals surface area (Å²) in [6.45, 7) is 0. The molecule has 0 fully saturated rings. The molecule has 6 heteroatoms. The van der Waals surface area contributed by atoms with E-state index in [1.807, 2.05) is 0 Å². The third-order valence-corrected chi connectivity index (χ3v) is 0.891. The molecule has 82 valence electrons. The van der Waals surface area contributed by atoms with Crippen LogP contribution in [0.1, 0.15) is 10.4 Å². The Balaban J connectivity index is -0.000000101. The van der Waals surface area contributed by atoms with Crippen molar-refractivity contribution in [1.29, 1.82) is 0 Å². The number of carbonyl (C=O) groups is 1. The molecule has 0 heterocycles. The molecule has 5 N–H and O–H groups in total. The number of hydrogen-bond acceptors (Lipinski definition) is 1. The zero-order valence-electron chi connectivity index (χ0n) is 6.19. The molecule has 0 radical (unpaired) electrons. The van der Waals surface area contributed by atoms with Crippen molar-refractivity contribution in [3.05, 3.63) is 35.9 Å². The summed E-state index contributed by atoms with van der Waals surface area (Å²) in [5.74, 6) is -0.942. The molecule has 0 amide bonds. The van der Waals surface area contributed by atoms with Crippen LogP contribution in [0, 0.1) is 12.1 Å². The quantitative estimate of drug-likeness (QED) is 0.523. The SMILES string of the molecule is O.O.O=C(O)c1c[c-]c[c-]c1.[Ag+].[Ag+]. The standard InChI is InChI=1S/C7H4O2.2Ag.2H2O/c8-7(9)6-4-2-1-3-5-6;;;;/h1,4-5H,(H,8,9);;;2*1H2/q-2;2*+1;;. The van der Waals surface area contributed by atoms with Gasteiger partial charge < -0.3 is 34.3 Å². The molecule has 0 aromatic heterocycles. The van der Waals surface area contributed by atoms with E-state index in [2.05, 4.69) is 12.1 Å². The Kier molecular flexibility index (Phi) is 21.5. The summed E-state index contributed by atoms with van der Waals surface area (Å²) in [5, 5.41) is 8.34. The van der Waals surface area contributed by atoms with Crippen molar-refractivity contribution >= 4 is 5.97 Å². The maximum atomic E-state index is 10.2. The van der Waals surface area contributed by atoms with Gasteiger partial charge in [0.2, 0.25) is 5.97 Å². The summed E-state index contributed by atoms with van der Waals surface area (Å²) >= 11 is 0.